The lowest BCUT2D eigenvalue weighted by atomic mass is 9.92. The van der Waals surface area contributed by atoms with Crippen molar-refractivity contribution in [3.05, 3.63) is 41.5 Å². The Kier molecular flexibility index (Phi) is 3.94. The molecule has 126 valence electrons. The van der Waals surface area contributed by atoms with Gasteiger partial charge in [0.2, 0.25) is 5.78 Å². The maximum atomic E-state index is 12.4. The molecule has 7 nitrogen and oxygen atoms in total. The summed E-state index contributed by atoms with van der Waals surface area (Å²) < 4.78 is 15.8. The zero-order valence-electron chi connectivity index (χ0n) is 13.0. The molecule has 0 radical (unpaired) electrons. The third-order valence-electron chi connectivity index (χ3n) is 3.88. The van der Waals surface area contributed by atoms with Crippen LogP contribution >= 0.6 is 0 Å². The van der Waals surface area contributed by atoms with Gasteiger partial charge in [-0.25, -0.2) is 0 Å². The summed E-state index contributed by atoms with van der Waals surface area (Å²) in [4.78, 5) is 12.4. The summed E-state index contributed by atoms with van der Waals surface area (Å²) in [7, 11) is 2.81. The summed E-state index contributed by atoms with van der Waals surface area (Å²) in [6.45, 7) is 0. The molecule has 0 bridgehead atoms. The van der Waals surface area contributed by atoms with E-state index >= 15 is 0 Å². The molecule has 2 aromatic carbocycles. The van der Waals surface area contributed by atoms with Gasteiger partial charge in [-0.3, -0.25) is 4.79 Å². The lowest BCUT2D eigenvalue weighted by Gasteiger charge is -2.30. The van der Waals surface area contributed by atoms with E-state index < -0.39 is 18.0 Å². The molecule has 0 amide bonds. The summed E-state index contributed by atoms with van der Waals surface area (Å²) in [5.41, 5.74) is 0.351. The zero-order valence-corrected chi connectivity index (χ0v) is 13.0. The Bertz CT molecular complexity index is 800. The molecular formula is C17H16O7. The molecule has 0 spiro atoms. The predicted octanol–water partition coefficient (Wildman–Crippen LogP) is 1.79. The molecule has 2 unspecified atom stereocenters. The van der Waals surface area contributed by atoms with E-state index in [1.165, 1.54) is 44.6 Å². The normalized spacial score (nSPS) is 19.4. The molecule has 0 saturated carbocycles. The minimum Gasteiger partial charge on any atom is -0.507 e. The summed E-state index contributed by atoms with van der Waals surface area (Å²) in [6.07, 6.45) is -2.52. The number of benzene rings is 2. The number of rotatable bonds is 3. The van der Waals surface area contributed by atoms with E-state index in [-0.39, 0.29) is 28.6 Å². The number of carbonyl (C=O) groups is 1. The Morgan fingerprint density at radius 1 is 1.04 bits per heavy atom. The average molecular weight is 332 g/mol. The predicted molar refractivity (Wildman–Crippen MR) is 83.0 cm³/mol. The van der Waals surface area contributed by atoms with Crippen LogP contribution in [-0.4, -0.2) is 41.4 Å². The van der Waals surface area contributed by atoms with Gasteiger partial charge in [-0.15, -0.1) is 0 Å². The van der Waals surface area contributed by atoms with Gasteiger partial charge in [0.15, 0.2) is 23.7 Å². The monoisotopic (exact) mass is 332 g/mol. The number of methoxy groups -OCH3 is 2. The molecule has 0 fully saturated rings. The maximum Gasteiger partial charge on any atom is 0.202 e. The first-order valence-corrected chi connectivity index (χ1v) is 7.13. The summed E-state index contributed by atoms with van der Waals surface area (Å²) >= 11 is 0. The number of Topliss-reactive ketones (excluding diaryl/α,β-unsaturated/α-hetero) is 1. The minimum absolute atomic E-state index is 0.0717. The van der Waals surface area contributed by atoms with Gasteiger partial charge in [-0.05, 0) is 17.7 Å². The van der Waals surface area contributed by atoms with Gasteiger partial charge in [-0.2, -0.15) is 0 Å². The van der Waals surface area contributed by atoms with Crippen LogP contribution in [0.25, 0.3) is 0 Å². The number of phenols is 2. The van der Waals surface area contributed by atoms with Crippen LogP contribution in [-0.2, 0) is 0 Å². The number of fused-ring (bicyclic) bond motifs is 1. The largest absolute Gasteiger partial charge is 0.507 e. The number of carbonyl (C=O) groups excluding carboxylic acids is 1. The van der Waals surface area contributed by atoms with E-state index in [2.05, 4.69) is 0 Å². The molecule has 0 saturated heterocycles. The van der Waals surface area contributed by atoms with Gasteiger partial charge in [-0.1, -0.05) is 6.07 Å². The summed E-state index contributed by atoms with van der Waals surface area (Å²) in [5.74, 6) is -0.437. The smallest absolute Gasteiger partial charge is 0.202 e. The second kappa shape index (κ2) is 5.93. The van der Waals surface area contributed by atoms with Crippen LogP contribution in [0.2, 0.25) is 0 Å². The fraction of sp³-hybridized carbons (Fsp3) is 0.235. The Morgan fingerprint density at radius 2 is 1.79 bits per heavy atom. The molecular weight excluding hydrogens is 316 g/mol. The maximum absolute atomic E-state index is 12.4. The molecule has 1 aliphatic rings. The topological polar surface area (TPSA) is 105 Å². The standard InChI is InChI=1S/C17H16O7/c1-22-9-6-11(19)14-13(7-9)24-17(16(21)15(14)20)8-3-4-10(18)12(5-8)23-2/h3-7,16-19,21H,1-2H3. The molecule has 1 heterocycles. The lowest BCUT2D eigenvalue weighted by molar-refractivity contribution is 0.0210. The number of phenolic OH excluding ortho intramolecular Hbond substituents is 2. The van der Waals surface area contributed by atoms with Crippen molar-refractivity contribution in [2.24, 2.45) is 0 Å². The first-order valence-electron chi connectivity index (χ1n) is 7.13. The Balaban J connectivity index is 2.07. The molecule has 3 N–H and O–H groups in total. The zero-order chi connectivity index (χ0) is 17.4. The van der Waals surface area contributed by atoms with E-state index in [4.69, 9.17) is 14.2 Å². The molecule has 2 atom stereocenters. The van der Waals surface area contributed by atoms with E-state index in [0.29, 0.717) is 11.3 Å². The van der Waals surface area contributed by atoms with Crippen LogP contribution < -0.4 is 14.2 Å². The highest BCUT2D eigenvalue weighted by Gasteiger charge is 2.39. The molecule has 1 aliphatic heterocycles. The van der Waals surface area contributed by atoms with Crippen LogP contribution in [0.15, 0.2) is 30.3 Å². The Hall–Kier alpha value is -2.93. The van der Waals surface area contributed by atoms with Gasteiger partial charge >= 0.3 is 0 Å². The van der Waals surface area contributed by atoms with Crippen molar-refractivity contribution in [2.75, 3.05) is 14.2 Å². The van der Waals surface area contributed by atoms with Crippen LogP contribution in [0.5, 0.6) is 28.7 Å². The molecule has 0 aliphatic carbocycles. The van der Waals surface area contributed by atoms with E-state index in [1.54, 1.807) is 0 Å². The first kappa shape index (κ1) is 15.9. The van der Waals surface area contributed by atoms with Crippen molar-refractivity contribution in [3.63, 3.8) is 0 Å². The van der Waals surface area contributed by atoms with Crippen molar-refractivity contribution >= 4 is 5.78 Å². The molecule has 2 aromatic rings. The number of hydrogen-bond acceptors (Lipinski definition) is 7. The average Bonchev–Trinajstić information content (AvgIpc) is 2.58. The first-order chi connectivity index (χ1) is 11.5. The number of hydrogen-bond donors (Lipinski definition) is 3. The van der Waals surface area contributed by atoms with Crippen LogP contribution in [0, 0.1) is 0 Å². The van der Waals surface area contributed by atoms with Crippen LogP contribution in [0.1, 0.15) is 22.0 Å². The Morgan fingerprint density at radius 3 is 2.46 bits per heavy atom. The SMILES string of the molecule is COc1cc(O)c2c(c1)OC(c1ccc(O)c(OC)c1)C(O)C2=O. The highest BCUT2D eigenvalue weighted by Crippen LogP contribution is 2.43. The van der Waals surface area contributed by atoms with Crippen LogP contribution in [0.4, 0.5) is 0 Å². The second-order valence-electron chi connectivity index (χ2n) is 5.30. The van der Waals surface area contributed by atoms with E-state index in [0.717, 1.165) is 0 Å². The molecule has 24 heavy (non-hydrogen) atoms. The number of aliphatic hydroxyl groups is 1. The number of ether oxygens (including phenoxy) is 3. The lowest BCUT2D eigenvalue weighted by Crippen LogP contribution is -2.36. The van der Waals surface area contributed by atoms with Gasteiger partial charge in [0.1, 0.15) is 22.8 Å². The quantitative estimate of drug-likeness (QED) is 0.787. The van der Waals surface area contributed by atoms with Gasteiger partial charge in [0.05, 0.1) is 14.2 Å². The highest BCUT2D eigenvalue weighted by molar-refractivity contribution is 6.05. The second-order valence-corrected chi connectivity index (χ2v) is 5.30. The van der Waals surface area contributed by atoms with Gasteiger partial charge in [0, 0.05) is 12.1 Å². The van der Waals surface area contributed by atoms with Gasteiger partial charge in [0.25, 0.3) is 0 Å². The summed E-state index contributed by atoms with van der Waals surface area (Å²) in [5, 5.41) is 30.0. The van der Waals surface area contributed by atoms with Crippen molar-refractivity contribution in [1.82, 2.24) is 0 Å². The molecule has 7 heteroatoms. The number of aromatic hydroxyl groups is 2. The minimum atomic E-state index is -1.51. The summed E-state index contributed by atoms with van der Waals surface area (Å²) in [6, 6.07) is 7.11. The van der Waals surface area contributed by atoms with Crippen LogP contribution in [0.3, 0.4) is 0 Å². The molecule has 0 aromatic heterocycles. The van der Waals surface area contributed by atoms with E-state index in [1.807, 2.05) is 0 Å². The number of aliphatic hydroxyl groups excluding tert-OH is 1. The fourth-order valence-corrected chi connectivity index (χ4v) is 2.64. The van der Waals surface area contributed by atoms with E-state index in [9.17, 15) is 20.1 Å². The fourth-order valence-electron chi connectivity index (χ4n) is 2.64. The van der Waals surface area contributed by atoms with Crippen molar-refractivity contribution in [3.8, 4) is 28.7 Å². The Labute approximate surface area is 137 Å². The van der Waals surface area contributed by atoms with Crippen molar-refractivity contribution in [2.45, 2.75) is 12.2 Å². The van der Waals surface area contributed by atoms with Crippen molar-refractivity contribution in [1.29, 1.82) is 0 Å². The third-order valence-corrected chi connectivity index (χ3v) is 3.88. The number of ketones is 1. The highest BCUT2D eigenvalue weighted by atomic mass is 16.5. The van der Waals surface area contributed by atoms with Gasteiger partial charge < -0.3 is 29.5 Å². The third kappa shape index (κ3) is 2.48. The molecule has 3 rings (SSSR count). The van der Waals surface area contributed by atoms with Crippen molar-refractivity contribution < 1.29 is 34.3 Å².